The number of morpholine rings is 1. The molecule has 2 unspecified atom stereocenters. The molecule has 4 aliphatic heterocycles. The number of hydrogen-bond donors (Lipinski definition) is 1. The molecular formula is C32H51N3O7. The van der Waals surface area contributed by atoms with Crippen molar-refractivity contribution in [1.29, 1.82) is 0 Å². The molecule has 0 radical (unpaired) electrons. The molecule has 10 heteroatoms. The summed E-state index contributed by atoms with van der Waals surface area (Å²) in [4.78, 5) is 48.0. The average Bonchev–Trinajstić information content (AvgIpc) is 3.55. The summed E-state index contributed by atoms with van der Waals surface area (Å²) in [6, 6.07) is -0.801. The number of allylic oxidation sites excluding steroid dienone is 1. The van der Waals surface area contributed by atoms with Crippen molar-refractivity contribution in [2.45, 2.75) is 82.0 Å². The molecule has 4 heterocycles. The molecule has 1 spiro atoms. The van der Waals surface area contributed by atoms with Gasteiger partial charge in [0, 0.05) is 45.9 Å². The number of fused-ring (bicyclic) bond motifs is 1. The van der Waals surface area contributed by atoms with E-state index >= 15 is 0 Å². The smallest absolute Gasteiger partial charge is 0.312 e. The summed E-state index contributed by atoms with van der Waals surface area (Å²) in [7, 11) is 0. The minimum absolute atomic E-state index is 0.137. The Hall–Kier alpha value is -2.27. The van der Waals surface area contributed by atoms with Crippen molar-refractivity contribution in [1.82, 2.24) is 14.7 Å². The molecular weight excluding hydrogens is 538 g/mol. The molecule has 4 rings (SSSR count). The lowest BCUT2D eigenvalue weighted by atomic mass is 9.66. The summed E-state index contributed by atoms with van der Waals surface area (Å²) in [5.74, 6) is -2.21. The maximum atomic E-state index is 14.5. The maximum Gasteiger partial charge on any atom is 0.312 e. The molecule has 0 aliphatic carbocycles. The van der Waals surface area contributed by atoms with E-state index in [1.54, 1.807) is 15.9 Å². The van der Waals surface area contributed by atoms with Crippen LogP contribution in [0.3, 0.4) is 0 Å². The fourth-order valence-corrected chi connectivity index (χ4v) is 7.41. The summed E-state index contributed by atoms with van der Waals surface area (Å²) < 4.78 is 17.9. The summed E-state index contributed by atoms with van der Waals surface area (Å²) >= 11 is 0. The van der Waals surface area contributed by atoms with Crippen LogP contribution in [0, 0.1) is 11.8 Å². The average molecular weight is 590 g/mol. The summed E-state index contributed by atoms with van der Waals surface area (Å²) in [6.45, 7) is 15.0. The third-order valence-electron chi connectivity index (χ3n) is 9.57. The van der Waals surface area contributed by atoms with Gasteiger partial charge in [0.1, 0.15) is 17.6 Å². The fraction of sp³-hybridized carbons (Fsp3) is 0.781. The second kappa shape index (κ2) is 14.9. The van der Waals surface area contributed by atoms with Gasteiger partial charge in [-0.3, -0.25) is 19.3 Å². The van der Waals surface area contributed by atoms with Crippen molar-refractivity contribution < 1.29 is 33.7 Å². The SMILES string of the molecule is C=CCCCCOC(=O)[C@@H]1[C@H]2C(=O)N(CCCCCCO)C(C(=O)N(CC=C)CCN3CCOCC3)C23CC[C@@]1(C)O3. The van der Waals surface area contributed by atoms with Crippen molar-refractivity contribution >= 4 is 17.8 Å². The lowest BCUT2D eigenvalue weighted by Crippen LogP contribution is -2.57. The number of ether oxygens (including phenoxy) is 3. The fourth-order valence-electron chi connectivity index (χ4n) is 7.41. The molecule has 236 valence electrons. The maximum absolute atomic E-state index is 14.5. The zero-order chi connectivity index (χ0) is 30.2. The molecule has 4 aliphatic rings. The quantitative estimate of drug-likeness (QED) is 0.148. The number of amides is 2. The Morgan fingerprint density at radius 2 is 1.83 bits per heavy atom. The number of hydrogen-bond acceptors (Lipinski definition) is 8. The number of carbonyl (C=O) groups is 3. The highest BCUT2D eigenvalue weighted by atomic mass is 16.6. The number of likely N-dealkylation sites (tertiary alicyclic amines) is 1. The Kier molecular flexibility index (Phi) is 11.6. The number of aliphatic hydroxyl groups excluding tert-OH is 1. The molecule has 0 saturated carbocycles. The normalized spacial score (nSPS) is 30.4. The van der Waals surface area contributed by atoms with E-state index in [0.29, 0.717) is 71.7 Å². The summed E-state index contributed by atoms with van der Waals surface area (Å²) in [5.41, 5.74) is -1.90. The third kappa shape index (κ3) is 6.77. The Bertz CT molecular complexity index is 970. The number of carbonyl (C=O) groups excluding carboxylic acids is 3. The van der Waals surface area contributed by atoms with Gasteiger partial charge >= 0.3 is 5.97 Å². The summed E-state index contributed by atoms with van der Waals surface area (Å²) in [5, 5.41) is 9.18. The predicted molar refractivity (Wildman–Crippen MR) is 159 cm³/mol. The number of rotatable bonds is 18. The second-order valence-corrected chi connectivity index (χ2v) is 12.4. The van der Waals surface area contributed by atoms with Crippen LogP contribution in [0.25, 0.3) is 0 Å². The zero-order valence-electron chi connectivity index (χ0n) is 25.5. The molecule has 0 aromatic rings. The zero-order valence-corrected chi connectivity index (χ0v) is 25.5. The predicted octanol–water partition coefficient (Wildman–Crippen LogP) is 2.55. The van der Waals surface area contributed by atoms with Gasteiger partial charge in [0.15, 0.2) is 0 Å². The number of aliphatic hydroxyl groups is 1. The highest BCUT2D eigenvalue weighted by molar-refractivity contribution is 5.98. The van der Waals surface area contributed by atoms with Gasteiger partial charge in [0.25, 0.3) is 0 Å². The van der Waals surface area contributed by atoms with Gasteiger partial charge in [0.2, 0.25) is 11.8 Å². The Balaban J connectivity index is 1.57. The molecule has 42 heavy (non-hydrogen) atoms. The van der Waals surface area contributed by atoms with Crippen LogP contribution in [-0.2, 0) is 28.6 Å². The van der Waals surface area contributed by atoms with Crippen LogP contribution < -0.4 is 0 Å². The van der Waals surface area contributed by atoms with Gasteiger partial charge in [0.05, 0.1) is 31.3 Å². The van der Waals surface area contributed by atoms with Crippen molar-refractivity contribution in [3.05, 3.63) is 25.3 Å². The molecule has 2 bridgehead atoms. The van der Waals surface area contributed by atoms with Crippen LogP contribution in [-0.4, -0.2) is 121 Å². The second-order valence-electron chi connectivity index (χ2n) is 12.4. The van der Waals surface area contributed by atoms with Crippen LogP contribution in [0.15, 0.2) is 25.3 Å². The standard InChI is InChI=1S/C32H51N3O7/c1-4-6-7-12-22-41-30(39)26-25-28(37)35(16-10-8-9-11-21-36)27(32(25)14-13-31(26,3)42-32)29(38)34(15-5-2)18-17-33-19-23-40-24-20-33/h4-5,25-27,36H,1-2,6-24H2,3H3/t25-,26-,27?,31+,32?/m0/s1. The molecule has 0 aromatic carbocycles. The number of esters is 1. The summed E-state index contributed by atoms with van der Waals surface area (Å²) in [6.07, 6.45) is 10.3. The van der Waals surface area contributed by atoms with E-state index < -0.39 is 35.0 Å². The van der Waals surface area contributed by atoms with Crippen LogP contribution in [0.4, 0.5) is 0 Å². The molecule has 4 fully saturated rings. The molecule has 10 nitrogen and oxygen atoms in total. The van der Waals surface area contributed by atoms with Gasteiger partial charge in [-0.1, -0.05) is 25.0 Å². The van der Waals surface area contributed by atoms with Crippen LogP contribution in [0.1, 0.15) is 64.7 Å². The van der Waals surface area contributed by atoms with Crippen LogP contribution in [0.5, 0.6) is 0 Å². The van der Waals surface area contributed by atoms with Gasteiger partial charge < -0.3 is 29.1 Å². The van der Waals surface area contributed by atoms with Crippen molar-refractivity contribution in [3.63, 3.8) is 0 Å². The van der Waals surface area contributed by atoms with E-state index in [9.17, 15) is 19.5 Å². The van der Waals surface area contributed by atoms with E-state index in [1.165, 1.54) is 0 Å². The van der Waals surface area contributed by atoms with Crippen molar-refractivity contribution in [3.8, 4) is 0 Å². The Labute approximate surface area is 251 Å². The topological polar surface area (TPSA) is 109 Å². The highest BCUT2D eigenvalue weighted by Crippen LogP contribution is 2.63. The first-order chi connectivity index (χ1) is 20.3. The number of nitrogens with zero attached hydrogens (tertiary/aromatic N) is 3. The first-order valence-corrected chi connectivity index (χ1v) is 15.9. The lowest BCUT2D eigenvalue weighted by molar-refractivity contribution is -0.160. The van der Waals surface area contributed by atoms with E-state index in [2.05, 4.69) is 18.1 Å². The van der Waals surface area contributed by atoms with E-state index in [-0.39, 0.29) is 18.4 Å². The van der Waals surface area contributed by atoms with Gasteiger partial charge in [-0.25, -0.2) is 0 Å². The van der Waals surface area contributed by atoms with Crippen molar-refractivity contribution in [2.75, 3.05) is 65.7 Å². The molecule has 1 N–H and O–H groups in total. The molecule has 2 amide bonds. The Morgan fingerprint density at radius 1 is 1.07 bits per heavy atom. The largest absolute Gasteiger partial charge is 0.465 e. The lowest BCUT2D eigenvalue weighted by Gasteiger charge is -2.37. The monoisotopic (exact) mass is 589 g/mol. The first-order valence-electron chi connectivity index (χ1n) is 15.9. The van der Waals surface area contributed by atoms with Crippen molar-refractivity contribution in [2.24, 2.45) is 11.8 Å². The van der Waals surface area contributed by atoms with Gasteiger partial charge in [-0.05, 0) is 51.9 Å². The third-order valence-corrected chi connectivity index (χ3v) is 9.57. The minimum Gasteiger partial charge on any atom is -0.465 e. The Morgan fingerprint density at radius 3 is 2.55 bits per heavy atom. The van der Waals surface area contributed by atoms with Gasteiger partial charge in [-0.2, -0.15) is 0 Å². The van der Waals surface area contributed by atoms with E-state index in [1.807, 2.05) is 13.0 Å². The first kappa shape index (κ1) is 32.6. The highest BCUT2D eigenvalue weighted by Gasteiger charge is 2.78. The molecule has 0 aromatic heterocycles. The van der Waals surface area contributed by atoms with E-state index in [4.69, 9.17) is 14.2 Å². The van der Waals surface area contributed by atoms with E-state index in [0.717, 1.165) is 45.2 Å². The molecule has 4 saturated heterocycles. The van der Waals surface area contributed by atoms with Crippen LogP contribution >= 0.6 is 0 Å². The van der Waals surface area contributed by atoms with Gasteiger partial charge in [-0.15, -0.1) is 13.2 Å². The van der Waals surface area contributed by atoms with Crippen LogP contribution in [0.2, 0.25) is 0 Å². The molecule has 5 atom stereocenters. The number of unbranched alkanes of at least 4 members (excludes halogenated alkanes) is 5. The minimum atomic E-state index is -1.06.